The van der Waals surface area contributed by atoms with Crippen molar-refractivity contribution in [2.45, 2.75) is 31.8 Å². The first kappa shape index (κ1) is 23.9. The van der Waals surface area contributed by atoms with E-state index in [1.54, 1.807) is 12.4 Å². The minimum absolute atomic E-state index is 0.0467. The van der Waals surface area contributed by atoms with Crippen LogP contribution >= 0.6 is 0 Å². The molecule has 5 aromatic rings. The van der Waals surface area contributed by atoms with E-state index in [1.807, 2.05) is 47.4 Å². The Bertz CT molecular complexity index is 1720. The van der Waals surface area contributed by atoms with Crippen LogP contribution < -0.4 is 10.6 Å². The van der Waals surface area contributed by atoms with Gasteiger partial charge in [0.05, 0.1) is 24.0 Å². The number of nitrogen functional groups attached to an aromatic ring is 1. The zero-order valence-corrected chi connectivity index (χ0v) is 21.7. The predicted octanol–water partition coefficient (Wildman–Crippen LogP) is 2.85. The standard InChI is InChI=1S/C28H26N10O2/c1-16(39)23-24(29)38-26(21(12-33-38)18-7-10-22(30-11-18)17-5-3-2-4-6-17)34-27(23)36-13-19-8-9-20(14-36)37(19)28(40)25-31-15-32-35-25/h2-7,10-12,15,19-20H,8-9,13-14,29H2,1H3,(H,31,32,35). The van der Waals surface area contributed by atoms with E-state index in [0.717, 1.165) is 35.2 Å². The minimum Gasteiger partial charge on any atom is -0.383 e. The molecule has 0 saturated carbocycles. The molecule has 2 atom stereocenters. The van der Waals surface area contributed by atoms with Crippen molar-refractivity contribution in [2.75, 3.05) is 23.7 Å². The third kappa shape index (κ3) is 3.79. The molecule has 2 unspecified atom stereocenters. The molecular weight excluding hydrogens is 508 g/mol. The van der Waals surface area contributed by atoms with Gasteiger partial charge in [0.25, 0.3) is 5.91 Å². The molecule has 0 radical (unpaired) electrons. The Labute approximate surface area is 228 Å². The number of carbonyl (C=O) groups excluding carboxylic acids is 2. The minimum atomic E-state index is -0.194. The number of hydrogen-bond acceptors (Lipinski definition) is 9. The first-order valence-electron chi connectivity index (χ1n) is 13.1. The summed E-state index contributed by atoms with van der Waals surface area (Å²) in [5.41, 5.74) is 10.9. The van der Waals surface area contributed by atoms with Crippen LogP contribution in [0.3, 0.4) is 0 Å². The molecule has 2 saturated heterocycles. The summed E-state index contributed by atoms with van der Waals surface area (Å²) in [6.45, 7) is 2.53. The maximum absolute atomic E-state index is 13.1. The fourth-order valence-electron chi connectivity index (χ4n) is 5.95. The van der Waals surface area contributed by atoms with Crippen molar-refractivity contribution >= 4 is 29.0 Å². The van der Waals surface area contributed by atoms with Crippen LogP contribution in [0.4, 0.5) is 11.6 Å². The number of nitrogens with two attached hydrogens (primary N) is 1. The third-order valence-electron chi connectivity index (χ3n) is 7.80. The number of benzene rings is 1. The van der Waals surface area contributed by atoms with Crippen LogP contribution in [0, 0.1) is 0 Å². The van der Waals surface area contributed by atoms with Crippen molar-refractivity contribution in [3.8, 4) is 22.4 Å². The van der Waals surface area contributed by atoms with Crippen LogP contribution in [-0.4, -0.2) is 76.5 Å². The number of pyridine rings is 1. The fourth-order valence-corrected chi connectivity index (χ4v) is 5.95. The van der Waals surface area contributed by atoms with E-state index in [4.69, 9.17) is 10.7 Å². The number of rotatable bonds is 5. The summed E-state index contributed by atoms with van der Waals surface area (Å²) in [7, 11) is 0. The number of Topliss-reactive ketones (excluding diaryl/α,β-unsaturated/α-hetero) is 1. The second-order valence-electron chi connectivity index (χ2n) is 10.2. The summed E-state index contributed by atoms with van der Waals surface area (Å²) < 4.78 is 1.51. The molecule has 12 nitrogen and oxygen atoms in total. The van der Waals surface area contributed by atoms with Gasteiger partial charge in [-0.05, 0) is 25.8 Å². The molecule has 2 fully saturated rings. The van der Waals surface area contributed by atoms with E-state index < -0.39 is 0 Å². The molecule has 2 aliphatic rings. The van der Waals surface area contributed by atoms with Crippen LogP contribution in [0.5, 0.6) is 0 Å². The number of fused-ring (bicyclic) bond motifs is 3. The average Bonchev–Trinajstić information content (AvgIpc) is 3.71. The molecule has 3 N–H and O–H groups in total. The monoisotopic (exact) mass is 534 g/mol. The quantitative estimate of drug-likeness (QED) is 0.324. The van der Waals surface area contributed by atoms with Crippen molar-refractivity contribution in [1.82, 2.24) is 39.7 Å². The van der Waals surface area contributed by atoms with Gasteiger partial charge in [0.15, 0.2) is 11.4 Å². The van der Waals surface area contributed by atoms with Crippen molar-refractivity contribution in [1.29, 1.82) is 0 Å². The largest absolute Gasteiger partial charge is 0.383 e. The zero-order valence-electron chi connectivity index (χ0n) is 21.7. The van der Waals surface area contributed by atoms with Gasteiger partial charge >= 0.3 is 0 Å². The third-order valence-corrected chi connectivity index (χ3v) is 7.80. The van der Waals surface area contributed by atoms with Gasteiger partial charge in [-0.2, -0.15) is 9.61 Å². The Morgan fingerprint density at radius 2 is 1.77 bits per heavy atom. The molecule has 6 heterocycles. The van der Waals surface area contributed by atoms with Gasteiger partial charge in [-0.15, -0.1) is 10.2 Å². The molecule has 0 spiro atoms. The van der Waals surface area contributed by atoms with E-state index >= 15 is 0 Å². The number of aromatic nitrogens is 7. The molecular formula is C28H26N10O2. The van der Waals surface area contributed by atoms with Crippen LogP contribution in [0.25, 0.3) is 28.0 Å². The number of aromatic amines is 1. The van der Waals surface area contributed by atoms with Gasteiger partial charge < -0.3 is 20.5 Å². The van der Waals surface area contributed by atoms with Gasteiger partial charge in [-0.3, -0.25) is 14.6 Å². The molecule has 0 aliphatic carbocycles. The van der Waals surface area contributed by atoms with Crippen LogP contribution in [0.15, 0.2) is 61.2 Å². The summed E-state index contributed by atoms with van der Waals surface area (Å²) in [6, 6.07) is 13.8. The Morgan fingerprint density at radius 1 is 1.00 bits per heavy atom. The molecule has 1 amide bonds. The van der Waals surface area contributed by atoms with Gasteiger partial charge in [0, 0.05) is 36.0 Å². The van der Waals surface area contributed by atoms with Crippen LogP contribution in [0.2, 0.25) is 0 Å². The van der Waals surface area contributed by atoms with E-state index in [2.05, 4.69) is 30.2 Å². The predicted molar refractivity (Wildman–Crippen MR) is 148 cm³/mol. The average molecular weight is 535 g/mol. The number of carbonyl (C=O) groups is 2. The van der Waals surface area contributed by atoms with E-state index in [1.165, 1.54) is 17.8 Å². The lowest BCUT2D eigenvalue weighted by molar-refractivity contribution is 0.0628. The number of nitrogens with zero attached hydrogens (tertiary/aromatic N) is 8. The molecule has 2 bridgehead atoms. The van der Waals surface area contributed by atoms with E-state index in [9.17, 15) is 9.59 Å². The van der Waals surface area contributed by atoms with Gasteiger partial charge in [-0.1, -0.05) is 36.4 Å². The van der Waals surface area contributed by atoms with Gasteiger partial charge in [0.2, 0.25) is 5.82 Å². The molecule has 40 heavy (non-hydrogen) atoms. The number of hydrogen-bond donors (Lipinski definition) is 2. The fraction of sp³-hybridized carbons (Fsp3) is 0.250. The highest BCUT2D eigenvalue weighted by Gasteiger charge is 2.44. The second kappa shape index (κ2) is 9.26. The lowest BCUT2D eigenvalue weighted by atomic mass is 10.1. The lowest BCUT2D eigenvalue weighted by Gasteiger charge is -2.41. The molecule has 200 valence electrons. The number of anilines is 2. The summed E-state index contributed by atoms with van der Waals surface area (Å²) in [6.07, 6.45) is 6.60. The number of amides is 1. The summed E-state index contributed by atoms with van der Waals surface area (Å²) in [5, 5.41) is 12.1. The summed E-state index contributed by atoms with van der Waals surface area (Å²) in [5.74, 6) is 0.621. The van der Waals surface area contributed by atoms with E-state index in [0.29, 0.717) is 30.1 Å². The highest BCUT2D eigenvalue weighted by Crippen LogP contribution is 2.37. The van der Waals surface area contributed by atoms with Gasteiger partial charge in [-0.25, -0.2) is 4.98 Å². The van der Waals surface area contributed by atoms with Crippen molar-refractivity contribution in [3.63, 3.8) is 0 Å². The second-order valence-corrected chi connectivity index (χ2v) is 10.2. The molecule has 12 heteroatoms. The molecule has 7 rings (SSSR count). The van der Waals surface area contributed by atoms with Crippen LogP contribution in [-0.2, 0) is 0 Å². The van der Waals surface area contributed by atoms with Crippen LogP contribution in [0.1, 0.15) is 40.7 Å². The zero-order chi connectivity index (χ0) is 27.4. The topological polar surface area (TPSA) is 151 Å². The SMILES string of the molecule is CC(=O)c1c(N2CC3CCC(C2)N3C(=O)c2nnc[nH]2)nc2c(-c3ccc(-c4ccccc4)nc3)cnn2c1N. The summed E-state index contributed by atoms with van der Waals surface area (Å²) in [4.78, 5) is 42.4. The number of piperazine rings is 1. The number of ketones is 1. The first-order chi connectivity index (χ1) is 19.5. The Morgan fingerprint density at radius 3 is 2.42 bits per heavy atom. The van der Waals surface area contributed by atoms with E-state index in [-0.39, 0.29) is 35.4 Å². The maximum atomic E-state index is 13.1. The number of nitrogens with one attached hydrogen (secondary N) is 1. The molecule has 4 aromatic heterocycles. The Hall–Kier alpha value is -5.13. The lowest BCUT2D eigenvalue weighted by Crippen LogP contribution is -2.56. The van der Waals surface area contributed by atoms with Crippen molar-refractivity contribution in [2.24, 2.45) is 0 Å². The first-order valence-corrected chi connectivity index (χ1v) is 13.1. The Kier molecular flexibility index (Phi) is 5.54. The highest BCUT2D eigenvalue weighted by atomic mass is 16.2. The number of H-pyrrole nitrogens is 1. The normalized spacial score (nSPS) is 18.4. The Balaban J connectivity index is 1.26. The highest BCUT2D eigenvalue weighted by molar-refractivity contribution is 6.04. The van der Waals surface area contributed by atoms with Crippen molar-refractivity contribution < 1.29 is 9.59 Å². The van der Waals surface area contributed by atoms with Crippen molar-refractivity contribution in [3.05, 3.63) is 72.6 Å². The molecule has 2 aliphatic heterocycles. The summed E-state index contributed by atoms with van der Waals surface area (Å²) >= 11 is 0. The smallest absolute Gasteiger partial charge is 0.292 e. The van der Waals surface area contributed by atoms with Gasteiger partial charge in [0.1, 0.15) is 23.5 Å². The maximum Gasteiger partial charge on any atom is 0.292 e. The molecule has 1 aromatic carbocycles.